The highest BCUT2D eigenvalue weighted by atomic mass is 31.2. The average Bonchev–Trinajstić information content (AvgIpc) is 2.18. The highest BCUT2D eigenvalue weighted by Crippen LogP contribution is 2.39. The van der Waals surface area contributed by atoms with Crippen LogP contribution in [0.2, 0.25) is 0 Å². The molecule has 1 aromatic rings. The summed E-state index contributed by atoms with van der Waals surface area (Å²) in [6.45, 7) is 1.60. The van der Waals surface area contributed by atoms with Crippen LogP contribution in [0.25, 0.3) is 0 Å². The molecule has 0 radical (unpaired) electrons. The molecule has 1 unspecified atom stereocenters. The smallest absolute Gasteiger partial charge is 0.313 e. The molecule has 0 saturated carbocycles. The third-order valence-electron chi connectivity index (χ3n) is 1.96. The molecule has 0 bridgehead atoms. The van der Waals surface area contributed by atoms with Crippen LogP contribution in [0.3, 0.4) is 0 Å². The van der Waals surface area contributed by atoms with Gasteiger partial charge in [-0.2, -0.15) is 0 Å². The number of hydrogen-bond acceptors (Lipinski definition) is 3. The summed E-state index contributed by atoms with van der Waals surface area (Å²) in [6, 6.07) is 9.00. The summed E-state index contributed by atoms with van der Waals surface area (Å²) in [5.74, 6) is -0.431. The van der Waals surface area contributed by atoms with Crippen LogP contribution in [0.1, 0.15) is 0 Å². The van der Waals surface area contributed by atoms with Crippen LogP contribution < -0.4 is 5.30 Å². The van der Waals surface area contributed by atoms with Crippen molar-refractivity contribution in [3.05, 3.63) is 30.3 Å². The summed E-state index contributed by atoms with van der Waals surface area (Å²) < 4.78 is 16.6. The zero-order valence-corrected chi connectivity index (χ0v) is 9.16. The summed E-state index contributed by atoms with van der Waals surface area (Å²) in [7, 11) is -1.29. The van der Waals surface area contributed by atoms with Crippen molar-refractivity contribution in [2.45, 2.75) is 0 Å². The summed E-state index contributed by atoms with van der Waals surface area (Å²) in [6.07, 6.45) is -0.0342. The van der Waals surface area contributed by atoms with Crippen LogP contribution in [0.5, 0.6) is 0 Å². The van der Waals surface area contributed by atoms with Gasteiger partial charge in [0.15, 0.2) is 0 Å². The van der Waals surface area contributed by atoms with Crippen LogP contribution in [0.15, 0.2) is 30.3 Å². The molecule has 0 aliphatic carbocycles. The molecule has 0 spiro atoms. The Bertz CT molecular complexity index is 359. The van der Waals surface area contributed by atoms with Crippen LogP contribution in [-0.2, 0) is 14.1 Å². The number of methoxy groups -OCH3 is 1. The van der Waals surface area contributed by atoms with Gasteiger partial charge in [-0.15, -0.1) is 0 Å². The Labute approximate surface area is 83.5 Å². The summed E-state index contributed by atoms with van der Waals surface area (Å²) in [5.41, 5.74) is 0. The Balaban J connectivity index is 2.86. The van der Waals surface area contributed by atoms with Gasteiger partial charge in [0, 0.05) is 5.30 Å². The molecule has 0 heterocycles. The topological polar surface area (TPSA) is 43.4 Å². The maximum absolute atomic E-state index is 12.1. The number of hydrogen-bond donors (Lipinski definition) is 0. The van der Waals surface area contributed by atoms with Gasteiger partial charge in [-0.25, -0.2) is 0 Å². The first kappa shape index (κ1) is 11.0. The average molecular weight is 212 g/mol. The molecule has 0 amide bonds. The first-order valence-corrected chi connectivity index (χ1v) is 6.59. The molecule has 0 aliphatic heterocycles. The van der Waals surface area contributed by atoms with E-state index < -0.39 is 13.1 Å². The van der Waals surface area contributed by atoms with Crippen molar-refractivity contribution in [3.63, 3.8) is 0 Å². The fourth-order valence-corrected chi connectivity index (χ4v) is 2.75. The maximum Gasteiger partial charge on any atom is 0.313 e. The monoisotopic (exact) mass is 212 g/mol. The van der Waals surface area contributed by atoms with Crippen molar-refractivity contribution in [2.75, 3.05) is 19.9 Å². The number of carbonyl (C=O) groups is 1. The number of carbonyl (C=O) groups excluding carboxylic acids is 1. The second kappa shape index (κ2) is 4.43. The molecule has 1 rings (SSSR count). The van der Waals surface area contributed by atoms with Gasteiger partial charge < -0.3 is 9.30 Å². The molecule has 3 nitrogen and oxygen atoms in total. The first-order chi connectivity index (χ1) is 6.56. The molecule has 0 N–H and O–H groups in total. The van der Waals surface area contributed by atoms with Gasteiger partial charge in [-0.05, 0) is 6.66 Å². The third-order valence-corrected chi connectivity index (χ3v) is 4.21. The third kappa shape index (κ3) is 2.71. The number of esters is 1. The maximum atomic E-state index is 12.1. The molecule has 0 aliphatic rings. The summed E-state index contributed by atoms with van der Waals surface area (Å²) in [4.78, 5) is 11.0. The molecule has 76 valence electrons. The van der Waals surface area contributed by atoms with E-state index in [2.05, 4.69) is 4.74 Å². The van der Waals surface area contributed by atoms with Gasteiger partial charge in [-0.3, -0.25) is 4.79 Å². The van der Waals surface area contributed by atoms with Crippen molar-refractivity contribution in [3.8, 4) is 0 Å². The van der Waals surface area contributed by atoms with Gasteiger partial charge in [-0.1, -0.05) is 30.3 Å². The van der Waals surface area contributed by atoms with Crippen LogP contribution in [0, 0.1) is 0 Å². The minimum Gasteiger partial charge on any atom is -0.469 e. The molecule has 0 fully saturated rings. The van der Waals surface area contributed by atoms with Crippen molar-refractivity contribution >= 4 is 18.4 Å². The minimum atomic E-state index is -2.59. The van der Waals surface area contributed by atoms with E-state index >= 15 is 0 Å². The van der Waals surface area contributed by atoms with Crippen molar-refractivity contribution in [1.82, 2.24) is 0 Å². The Morgan fingerprint density at radius 3 is 2.43 bits per heavy atom. The van der Waals surface area contributed by atoms with E-state index in [9.17, 15) is 9.36 Å². The molecule has 14 heavy (non-hydrogen) atoms. The summed E-state index contributed by atoms with van der Waals surface area (Å²) >= 11 is 0. The van der Waals surface area contributed by atoms with E-state index in [1.165, 1.54) is 7.11 Å². The zero-order valence-electron chi connectivity index (χ0n) is 8.27. The lowest BCUT2D eigenvalue weighted by Crippen LogP contribution is -2.14. The molecule has 1 atom stereocenters. The molecular weight excluding hydrogens is 199 g/mol. The number of benzene rings is 1. The van der Waals surface area contributed by atoms with E-state index in [-0.39, 0.29) is 6.16 Å². The van der Waals surface area contributed by atoms with Crippen molar-refractivity contribution in [1.29, 1.82) is 0 Å². The SMILES string of the molecule is COC(=O)CP(C)(=O)c1ccccc1. The van der Waals surface area contributed by atoms with Crippen molar-refractivity contribution < 1.29 is 14.1 Å². The zero-order chi connectivity index (χ0) is 10.6. The Morgan fingerprint density at radius 2 is 1.93 bits per heavy atom. The molecule has 4 heteroatoms. The Kier molecular flexibility index (Phi) is 3.48. The minimum absolute atomic E-state index is 0.0342. The predicted octanol–water partition coefficient (Wildman–Crippen LogP) is 1.48. The van der Waals surface area contributed by atoms with Crippen LogP contribution >= 0.6 is 7.14 Å². The predicted molar refractivity (Wildman–Crippen MR) is 56.5 cm³/mol. The molecular formula is C10H13O3P. The standard InChI is InChI=1S/C10H13O3P/c1-13-10(11)8-14(2,12)9-6-4-3-5-7-9/h3-7H,8H2,1-2H3. The van der Waals surface area contributed by atoms with E-state index in [0.717, 1.165) is 0 Å². The van der Waals surface area contributed by atoms with Gasteiger partial charge in [0.1, 0.15) is 13.3 Å². The van der Waals surface area contributed by atoms with Crippen molar-refractivity contribution in [2.24, 2.45) is 0 Å². The second-order valence-corrected chi connectivity index (χ2v) is 6.21. The summed E-state index contributed by atoms with van der Waals surface area (Å²) in [5, 5.41) is 0.713. The van der Waals surface area contributed by atoms with Crippen LogP contribution in [0.4, 0.5) is 0 Å². The highest BCUT2D eigenvalue weighted by molar-refractivity contribution is 7.71. The molecule has 0 aromatic heterocycles. The van der Waals surface area contributed by atoms with E-state index in [1.54, 1.807) is 18.8 Å². The van der Waals surface area contributed by atoms with Gasteiger partial charge in [0.05, 0.1) is 7.11 Å². The Hall–Kier alpha value is -1.08. The lowest BCUT2D eigenvalue weighted by Gasteiger charge is -2.11. The normalized spacial score (nSPS) is 14.4. The number of rotatable bonds is 3. The van der Waals surface area contributed by atoms with Crippen LogP contribution in [-0.4, -0.2) is 25.9 Å². The van der Waals surface area contributed by atoms with E-state index in [0.29, 0.717) is 5.30 Å². The fraction of sp³-hybridized carbons (Fsp3) is 0.300. The lowest BCUT2D eigenvalue weighted by molar-refractivity contribution is -0.137. The van der Waals surface area contributed by atoms with Gasteiger partial charge >= 0.3 is 5.97 Å². The quantitative estimate of drug-likeness (QED) is 0.563. The number of ether oxygens (including phenoxy) is 1. The lowest BCUT2D eigenvalue weighted by atomic mass is 10.4. The Morgan fingerprint density at radius 1 is 1.36 bits per heavy atom. The first-order valence-electron chi connectivity index (χ1n) is 4.25. The van der Waals surface area contributed by atoms with Gasteiger partial charge in [0.2, 0.25) is 0 Å². The van der Waals surface area contributed by atoms with E-state index in [1.807, 2.05) is 18.2 Å². The molecule has 0 saturated heterocycles. The second-order valence-electron chi connectivity index (χ2n) is 3.17. The van der Waals surface area contributed by atoms with E-state index in [4.69, 9.17) is 0 Å². The molecule has 1 aromatic carbocycles. The highest BCUT2D eigenvalue weighted by Gasteiger charge is 2.22. The van der Waals surface area contributed by atoms with Gasteiger partial charge in [0.25, 0.3) is 0 Å². The fourth-order valence-electron chi connectivity index (χ4n) is 1.15. The largest absolute Gasteiger partial charge is 0.469 e.